The molecule has 0 spiro atoms. The molecule has 1 aromatic carbocycles. The summed E-state index contributed by atoms with van der Waals surface area (Å²) in [6.45, 7) is 0. The fraction of sp³-hybridized carbons (Fsp3) is 0.143. The van der Waals surface area contributed by atoms with Crippen LogP contribution in [0.5, 0.6) is 0 Å². The number of hydrogen-bond donors (Lipinski definition) is 0. The standard InChI is InChI=1S/C14H13NO2/c1-17-14(16)13-8-12(9-15-10-13)7-11-5-3-2-4-6-11/h2-6,8-10H,7H2,1H3. The molecule has 0 atom stereocenters. The number of nitrogens with zero attached hydrogens (tertiary/aromatic N) is 1. The predicted octanol–water partition coefficient (Wildman–Crippen LogP) is 2.46. The van der Waals surface area contributed by atoms with Gasteiger partial charge in [-0.05, 0) is 23.6 Å². The lowest BCUT2D eigenvalue weighted by Crippen LogP contribution is -2.03. The second-order valence-corrected chi connectivity index (χ2v) is 3.74. The summed E-state index contributed by atoms with van der Waals surface area (Å²) in [6.07, 6.45) is 4.04. The Morgan fingerprint density at radius 2 is 1.94 bits per heavy atom. The molecule has 2 rings (SSSR count). The smallest absolute Gasteiger partial charge is 0.339 e. The number of ether oxygens (including phenoxy) is 1. The Bertz CT molecular complexity index is 509. The third kappa shape index (κ3) is 2.91. The zero-order valence-corrected chi connectivity index (χ0v) is 9.59. The van der Waals surface area contributed by atoms with E-state index in [4.69, 9.17) is 0 Å². The van der Waals surface area contributed by atoms with Crippen LogP contribution in [0.3, 0.4) is 0 Å². The fourth-order valence-corrected chi connectivity index (χ4v) is 1.65. The van der Waals surface area contributed by atoms with Crippen molar-refractivity contribution < 1.29 is 9.53 Å². The Labute approximate surface area is 100 Å². The second-order valence-electron chi connectivity index (χ2n) is 3.74. The summed E-state index contributed by atoms with van der Waals surface area (Å²) in [6, 6.07) is 11.9. The molecule has 0 fully saturated rings. The molecular formula is C14H13NO2. The van der Waals surface area contributed by atoms with E-state index in [1.165, 1.54) is 18.9 Å². The van der Waals surface area contributed by atoms with Crippen LogP contribution in [0.25, 0.3) is 0 Å². The predicted molar refractivity (Wildman–Crippen MR) is 64.8 cm³/mol. The summed E-state index contributed by atoms with van der Waals surface area (Å²) >= 11 is 0. The van der Waals surface area contributed by atoms with Crippen LogP contribution in [-0.4, -0.2) is 18.1 Å². The highest BCUT2D eigenvalue weighted by molar-refractivity contribution is 5.89. The van der Waals surface area contributed by atoms with Gasteiger partial charge in [0.15, 0.2) is 0 Å². The fourth-order valence-electron chi connectivity index (χ4n) is 1.65. The third-order valence-corrected chi connectivity index (χ3v) is 2.47. The molecule has 0 aliphatic rings. The first kappa shape index (κ1) is 11.3. The van der Waals surface area contributed by atoms with Gasteiger partial charge in [-0.1, -0.05) is 30.3 Å². The summed E-state index contributed by atoms with van der Waals surface area (Å²) in [7, 11) is 1.37. The Kier molecular flexibility index (Phi) is 3.50. The number of rotatable bonds is 3. The number of carbonyl (C=O) groups excluding carboxylic acids is 1. The van der Waals surface area contributed by atoms with Gasteiger partial charge in [-0.25, -0.2) is 4.79 Å². The van der Waals surface area contributed by atoms with Crippen LogP contribution < -0.4 is 0 Å². The van der Waals surface area contributed by atoms with Gasteiger partial charge in [-0.15, -0.1) is 0 Å². The Morgan fingerprint density at radius 3 is 2.65 bits per heavy atom. The number of aromatic nitrogens is 1. The van der Waals surface area contributed by atoms with Crippen LogP contribution in [0, 0.1) is 0 Å². The molecular weight excluding hydrogens is 214 g/mol. The van der Waals surface area contributed by atoms with Crippen molar-refractivity contribution in [1.29, 1.82) is 0 Å². The first-order valence-electron chi connectivity index (χ1n) is 5.36. The van der Waals surface area contributed by atoms with E-state index in [1.807, 2.05) is 36.4 Å². The largest absolute Gasteiger partial charge is 0.465 e. The average molecular weight is 227 g/mol. The molecule has 1 heterocycles. The SMILES string of the molecule is COC(=O)c1cncc(Cc2ccccc2)c1. The molecule has 0 N–H and O–H groups in total. The van der Waals surface area contributed by atoms with Gasteiger partial charge in [0.25, 0.3) is 0 Å². The van der Waals surface area contributed by atoms with Crippen LogP contribution >= 0.6 is 0 Å². The molecule has 0 unspecified atom stereocenters. The molecule has 0 amide bonds. The molecule has 2 aromatic rings. The summed E-state index contributed by atoms with van der Waals surface area (Å²) in [5.41, 5.74) is 2.68. The van der Waals surface area contributed by atoms with Gasteiger partial charge in [-0.2, -0.15) is 0 Å². The lowest BCUT2D eigenvalue weighted by molar-refractivity contribution is 0.0600. The second kappa shape index (κ2) is 5.25. The average Bonchev–Trinajstić information content (AvgIpc) is 2.39. The maximum Gasteiger partial charge on any atom is 0.339 e. The van der Waals surface area contributed by atoms with Gasteiger partial charge in [0.1, 0.15) is 0 Å². The molecule has 3 nitrogen and oxygen atoms in total. The van der Waals surface area contributed by atoms with Gasteiger partial charge >= 0.3 is 5.97 Å². The number of benzene rings is 1. The van der Waals surface area contributed by atoms with Gasteiger partial charge in [0.2, 0.25) is 0 Å². The topological polar surface area (TPSA) is 39.2 Å². The van der Waals surface area contributed by atoms with Crippen molar-refractivity contribution in [3.63, 3.8) is 0 Å². The van der Waals surface area contributed by atoms with Crippen molar-refractivity contribution in [2.24, 2.45) is 0 Å². The molecule has 0 radical (unpaired) electrons. The van der Waals surface area contributed by atoms with Crippen LogP contribution in [-0.2, 0) is 11.2 Å². The first-order valence-corrected chi connectivity index (χ1v) is 5.36. The number of methoxy groups -OCH3 is 1. The van der Waals surface area contributed by atoms with Crippen molar-refractivity contribution in [3.05, 3.63) is 65.5 Å². The van der Waals surface area contributed by atoms with Crippen molar-refractivity contribution in [1.82, 2.24) is 4.98 Å². The molecule has 1 aromatic heterocycles. The number of esters is 1. The van der Waals surface area contributed by atoms with E-state index in [0.717, 1.165) is 12.0 Å². The van der Waals surface area contributed by atoms with Crippen molar-refractivity contribution >= 4 is 5.97 Å². The highest BCUT2D eigenvalue weighted by Gasteiger charge is 2.06. The number of carbonyl (C=O) groups is 1. The van der Waals surface area contributed by atoms with Gasteiger partial charge in [-0.3, -0.25) is 4.98 Å². The summed E-state index contributed by atoms with van der Waals surface area (Å²) in [5, 5.41) is 0. The van der Waals surface area contributed by atoms with E-state index in [0.29, 0.717) is 5.56 Å². The maximum atomic E-state index is 11.4. The van der Waals surface area contributed by atoms with Gasteiger partial charge < -0.3 is 4.74 Å². The molecule has 0 saturated heterocycles. The van der Waals surface area contributed by atoms with Crippen LogP contribution in [0.1, 0.15) is 21.5 Å². The van der Waals surface area contributed by atoms with Crippen LogP contribution in [0.2, 0.25) is 0 Å². The monoisotopic (exact) mass is 227 g/mol. The minimum Gasteiger partial charge on any atom is -0.465 e. The van der Waals surface area contributed by atoms with E-state index in [1.54, 1.807) is 6.20 Å². The normalized spacial score (nSPS) is 9.94. The zero-order chi connectivity index (χ0) is 12.1. The van der Waals surface area contributed by atoms with E-state index >= 15 is 0 Å². The molecule has 3 heteroatoms. The number of pyridine rings is 1. The Hall–Kier alpha value is -2.16. The Morgan fingerprint density at radius 1 is 1.18 bits per heavy atom. The summed E-state index contributed by atoms with van der Waals surface area (Å²) < 4.78 is 4.66. The molecule has 17 heavy (non-hydrogen) atoms. The van der Waals surface area contributed by atoms with Crippen molar-refractivity contribution in [3.8, 4) is 0 Å². The van der Waals surface area contributed by atoms with Crippen molar-refractivity contribution in [2.75, 3.05) is 7.11 Å². The Balaban J connectivity index is 2.20. The van der Waals surface area contributed by atoms with E-state index in [9.17, 15) is 4.79 Å². The summed E-state index contributed by atoms with van der Waals surface area (Å²) in [5.74, 6) is -0.354. The van der Waals surface area contributed by atoms with Crippen LogP contribution in [0.15, 0.2) is 48.8 Å². The van der Waals surface area contributed by atoms with Gasteiger partial charge in [0, 0.05) is 12.4 Å². The highest BCUT2D eigenvalue weighted by Crippen LogP contribution is 2.10. The minimum absolute atomic E-state index is 0.354. The minimum atomic E-state index is -0.354. The molecule has 0 saturated carbocycles. The molecule has 0 bridgehead atoms. The quantitative estimate of drug-likeness (QED) is 0.756. The highest BCUT2D eigenvalue weighted by atomic mass is 16.5. The van der Waals surface area contributed by atoms with E-state index < -0.39 is 0 Å². The molecule has 0 aliphatic carbocycles. The lowest BCUT2D eigenvalue weighted by atomic mass is 10.1. The first-order chi connectivity index (χ1) is 8.29. The third-order valence-electron chi connectivity index (χ3n) is 2.47. The van der Waals surface area contributed by atoms with E-state index in [-0.39, 0.29) is 5.97 Å². The lowest BCUT2D eigenvalue weighted by Gasteiger charge is -2.03. The zero-order valence-electron chi connectivity index (χ0n) is 9.59. The van der Waals surface area contributed by atoms with Gasteiger partial charge in [0.05, 0.1) is 12.7 Å². The summed E-state index contributed by atoms with van der Waals surface area (Å²) in [4.78, 5) is 15.4. The number of hydrogen-bond acceptors (Lipinski definition) is 3. The van der Waals surface area contributed by atoms with Crippen LogP contribution in [0.4, 0.5) is 0 Å². The molecule has 86 valence electrons. The van der Waals surface area contributed by atoms with Crippen molar-refractivity contribution in [2.45, 2.75) is 6.42 Å². The maximum absolute atomic E-state index is 11.4. The van der Waals surface area contributed by atoms with E-state index in [2.05, 4.69) is 9.72 Å². The molecule has 0 aliphatic heterocycles.